The second-order valence-electron chi connectivity index (χ2n) is 9.51. The molecule has 35 heavy (non-hydrogen) atoms. The molecular formula is C33H28N2. The monoisotopic (exact) mass is 452 g/mol. The van der Waals surface area contributed by atoms with Crippen molar-refractivity contribution in [1.82, 2.24) is 0 Å². The van der Waals surface area contributed by atoms with E-state index in [2.05, 4.69) is 115 Å². The van der Waals surface area contributed by atoms with Crippen molar-refractivity contribution in [2.24, 2.45) is 0 Å². The molecule has 1 atom stereocenters. The van der Waals surface area contributed by atoms with Crippen molar-refractivity contribution in [3.63, 3.8) is 0 Å². The van der Waals surface area contributed by atoms with Crippen LogP contribution in [0.2, 0.25) is 0 Å². The van der Waals surface area contributed by atoms with Crippen LogP contribution in [0.3, 0.4) is 0 Å². The summed E-state index contributed by atoms with van der Waals surface area (Å²) in [5.74, 6) is 0. The molecule has 4 N–H and O–H groups in total. The summed E-state index contributed by atoms with van der Waals surface area (Å²) >= 11 is 0. The van der Waals surface area contributed by atoms with Crippen molar-refractivity contribution >= 4 is 11.4 Å². The van der Waals surface area contributed by atoms with E-state index in [0.717, 1.165) is 17.8 Å². The van der Waals surface area contributed by atoms with Crippen molar-refractivity contribution in [3.8, 4) is 0 Å². The molecule has 0 saturated carbocycles. The van der Waals surface area contributed by atoms with Gasteiger partial charge in [0.2, 0.25) is 0 Å². The second-order valence-corrected chi connectivity index (χ2v) is 9.51. The molecule has 6 rings (SSSR count). The number of hydrogen-bond acceptors (Lipinski definition) is 2. The van der Waals surface area contributed by atoms with Crippen LogP contribution in [0.5, 0.6) is 0 Å². The Bertz CT molecular complexity index is 1420. The fourth-order valence-electron chi connectivity index (χ4n) is 6.17. The van der Waals surface area contributed by atoms with Crippen LogP contribution in [-0.2, 0) is 10.8 Å². The highest BCUT2D eigenvalue weighted by Crippen LogP contribution is 2.61. The van der Waals surface area contributed by atoms with Crippen LogP contribution in [0.1, 0.15) is 39.8 Å². The number of benzene rings is 5. The van der Waals surface area contributed by atoms with Crippen LogP contribution >= 0.6 is 0 Å². The number of hydrogen-bond donors (Lipinski definition) is 2. The van der Waals surface area contributed by atoms with Crippen LogP contribution in [0, 0.1) is 0 Å². The molecule has 1 aliphatic carbocycles. The van der Waals surface area contributed by atoms with Crippen molar-refractivity contribution in [2.45, 2.75) is 17.3 Å². The summed E-state index contributed by atoms with van der Waals surface area (Å²) < 4.78 is 0. The standard InChI is InChI=1S/C33H28N2/c34-28-18-16-27(17-19-28)33(26-14-8-3-9-15-26)23-32(24-10-4-1-5-11-24,25-12-6-2-7-13-25)30-21-20-29(35)22-31(30)33/h1-22H,23,34-35H2. The highest BCUT2D eigenvalue weighted by atomic mass is 14.6. The molecule has 0 bridgehead atoms. The molecule has 0 aliphatic heterocycles. The van der Waals surface area contributed by atoms with Crippen LogP contribution in [0.15, 0.2) is 133 Å². The first-order chi connectivity index (χ1) is 17.1. The number of nitrogens with two attached hydrogens (primary N) is 2. The van der Waals surface area contributed by atoms with Gasteiger partial charge in [0, 0.05) is 22.2 Å². The van der Waals surface area contributed by atoms with Gasteiger partial charge in [-0.3, -0.25) is 0 Å². The summed E-state index contributed by atoms with van der Waals surface area (Å²) in [7, 11) is 0. The first-order valence-corrected chi connectivity index (χ1v) is 12.1. The van der Waals surface area contributed by atoms with E-state index in [1.54, 1.807) is 0 Å². The lowest BCUT2D eigenvalue weighted by molar-refractivity contribution is 0.499. The number of anilines is 2. The molecule has 0 saturated heterocycles. The van der Waals surface area contributed by atoms with E-state index in [4.69, 9.17) is 11.5 Å². The molecule has 1 unspecified atom stereocenters. The van der Waals surface area contributed by atoms with Crippen LogP contribution < -0.4 is 11.5 Å². The SMILES string of the molecule is Nc1ccc(C2(c3ccccc3)CC(c3ccccc3)(c3ccccc3)c3ccc(N)cc32)cc1. The van der Waals surface area contributed by atoms with Crippen molar-refractivity contribution in [3.05, 3.63) is 167 Å². The van der Waals surface area contributed by atoms with Gasteiger partial charge in [-0.25, -0.2) is 0 Å². The third-order valence-corrected chi connectivity index (χ3v) is 7.70. The Hall–Kier alpha value is -4.30. The minimum atomic E-state index is -0.397. The number of fused-ring (bicyclic) bond motifs is 1. The van der Waals surface area contributed by atoms with Gasteiger partial charge in [0.1, 0.15) is 0 Å². The highest BCUT2D eigenvalue weighted by molar-refractivity contribution is 5.69. The molecule has 5 aromatic carbocycles. The minimum Gasteiger partial charge on any atom is -0.399 e. The van der Waals surface area contributed by atoms with E-state index in [0.29, 0.717) is 0 Å². The molecule has 0 amide bonds. The summed E-state index contributed by atoms with van der Waals surface area (Å²) in [4.78, 5) is 0. The first-order valence-electron chi connectivity index (χ1n) is 12.1. The molecular weight excluding hydrogens is 424 g/mol. The normalized spacial score (nSPS) is 18.2. The van der Waals surface area contributed by atoms with Gasteiger partial charge in [0.15, 0.2) is 0 Å². The molecule has 2 nitrogen and oxygen atoms in total. The Morgan fingerprint density at radius 3 is 1.29 bits per heavy atom. The van der Waals surface area contributed by atoms with E-state index < -0.39 is 5.41 Å². The van der Waals surface area contributed by atoms with E-state index in [-0.39, 0.29) is 5.41 Å². The van der Waals surface area contributed by atoms with E-state index in [9.17, 15) is 0 Å². The maximum absolute atomic E-state index is 6.48. The van der Waals surface area contributed by atoms with E-state index in [1.165, 1.54) is 33.4 Å². The van der Waals surface area contributed by atoms with Crippen molar-refractivity contribution in [2.75, 3.05) is 11.5 Å². The lowest BCUT2D eigenvalue weighted by Gasteiger charge is -2.37. The zero-order valence-corrected chi connectivity index (χ0v) is 19.6. The molecule has 0 radical (unpaired) electrons. The molecule has 5 aromatic rings. The predicted octanol–water partition coefficient (Wildman–Crippen LogP) is 6.92. The number of rotatable bonds is 4. The Morgan fingerprint density at radius 1 is 0.400 bits per heavy atom. The zero-order chi connectivity index (χ0) is 23.9. The summed E-state index contributed by atoms with van der Waals surface area (Å²) in [5, 5.41) is 0. The van der Waals surface area contributed by atoms with Gasteiger partial charge in [-0.15, -0.1) is 0 Å². The van der Waals surface area contributed by atoms with Gasteiger partial charge in [0.05, 0.1) is 0 Å². The van der Waals surface area contributed by atoms with Crippen LogP contribution in [0.25, 0.3) is 0 Å². The maximum Gasteiger partial charge on any atom is 0.0470 e. The van der Waals surface area contributed by atoms with Gasteiger partial charge in [-0.1, -0.05) is 109 Å². The van der Waals surface area contributed by atoms with E-state index >= 15 is 0 Å². The van der Waals surface area contributed by atoms with Crippen molar-refractivity contribution < 1.29 is 0 Å². The average Bonchev–Trinajstić information content (AvgIpc) is 3.23. The second kappa shape index (κ2) is 8.18. The lowest BCUT2D eigenvalue weighted by atomic mass is 9.64. The third kappa shape index (κ3) is 3.18. The average molecular weight is 453 g/mol. The molecule has 2 heteroatoms. The molecule has 0 fully saturated rings. The molecule has 0 heterocycles. The molecule has 170 valence electrons. The van der Waals surface area contributed by atoms with Gasteiger partial charge < -0.3 is 11.5 Å². The van der Waals surface area contributed by atoms with Crippen LogP contribution in [0.4, 0.5) is 11.4 Å². The third-order valence-electron chi connectivity index (χ3n) is 7.70. The molecule has 1 aliphatic rings. The summed E-state index contributed by atoms with van der Waals surface area (Å²) in [6, 6.07) is 47.5. The van der Waals surface area contributed by atoms with Crippen molar-refractivity contribution in [1.29, 1.82) is 0 Å². The minimum absolute atomic E-state index is 0.344. The quantitative estimate of drug-likeness (QED) is 0.291. The van der Waals surface area contributed by atoms with Gasteiger partial charge >= 0.3 is 0 Å². The largest absolute Gasteiger partial charge is 0.399 e. The fraction of sp³-hybridized carbons (Fsp3) is 0.0909. The Kier molecular flexibility index (Phi) is 4.96. The lowest BCUT2D eigenvalue weighted by Crippen LogP contribution is -2.33. The maximum atomic E-state index is 6.48. The van der Waals surface area contributed by atoms with Gasteiger partial charge in [-0.05, 0) is 64.1 Å². The molecule has 0 aromatic heterocycles. The Labute approximate surface area is 206 Å². The highest BCUT2D eigenvalue weighted by Gasteiger charge is 2.55. The van der Waals surface area contributed by atoms with Gasteiger partial charge in [0.25, 0.3) is 0 Å². The van der Waals surface area contributed by atoms with Gasteiger partial charge in [-0.2, -0.15) is 0 Å². The van der Waals surface area contributed by atoms with Crippen LogP contribution in [-0.4, -0.2) is 0 Å². The predicted molar refractivity (Wildman–Crippen MR) is 145 cm³/mol. The molecule has 0 spiro atoms. The first kappa shape index (κ1) is 21.2. The summed E-state index contributed by atoms with van der Waals surface area (Å²) in [5.41, 5.74) is 21.0. The van der Waals surface area contributed by atoms with E-state index in [1.807, 2.05) is 18.2 Å². The zero-order valence-electron chi connectivity index (χ0n) is 19.6. The topological polar surface area (TPSA) is 52.0 Å². The Morgan fingerprint density at radius 2 is 0.800 bits per heavy atom. The Balaban J connectivity index is 1.77. The summed E-state index contributed by atoms with van der Waals surface area (Å²) in [6.45, 7) is 0. The smallest absolute Gasteiger partial charge is 0.0470 e. The number of nitrogen functional groups attached to an aromatic ring is 2. The fourth-order valence-corrected chi connectivity index (χ4v) is 6.17. The summed E-state index contributed by atoms with van der Waals surface area (Å²) in [6.07, 6.45) is 0.848.